The first-order chi connectivity index (χ1) is 13.5. The number of hydrogen-bond donors (Lipinski definition) is 0. The van der Waals surface area contributed by atoms with Gasteiger partial charge in [0.05, 0.1) is 24.5 Å². The van der Waals surface area contributed by atoms with Gasteiger partial charge in [-0.2, -0.15) is 0 Å². The first-order valence-electron chi connectivity index (χ1n) is 8.64. The highest BCUT2D eigenvalue weighted by molar-refractivity contribution is 6.45. The van der Waals surface area contributed by atoms with Gasteiger partial charge >= 0.3 is 0 Å². The molecule has 0 atom stereocenters. The molecule has 0 spiro atoms. The first-order valence-corrected chi connectivity index (χ1v) is 9.02. The van der Waals surface area contributed by atoms with E-state index in [1.807, 2.05) is 0 Å². The molecule has 1 saturated heterocycles. The molecular weight excluding hydrogens is 390 g/mol. The van der Waals surface area contributed by atoms with Crippen molar-refractivity contribution in [1.82, 2.24) is 4.90 Å². The third-order valence-electron chi connectivity index (χ3n) is 4.67. The zero-order valence-corrected chi connectivity index (χ0v) is 15.4. The van der Waals surface area contributed by atoms with E-state index in [0.29, 0.717) is 43.0 Å². The lowest BCUT2D eigenvalue weighted by atomic mass is 10.0. The minimum atomic E-state index is -0.986. The van der Waals surface area contributed by atoms with Crippen molar-refractivity contribution < 1.29 is 23.1 Å². The standard InChI is InChI=1S/C20H15ClF2N2O3/c21-13-3-1-12(2-4-13)17-18(24-7-9-28-10-8-24)20(27)25(19(17)26)16-6-5-14(22)11-15(16)23/h1-6,11H,7-10H2. The zero-order valence-electron chi connectivity index (χ0n) is 14.6. The van der Waals surface area contributed by atoms with Crippen LogP contribution in [0, 0.1) is 11.6 Å². The monoisotopic (exact) mass is 404 g/mol. The van der Waals surface area contributed by atoms with Crippen LogP contribution in [-0.2, 0) is 14.3 Å². The molecule has 0 radical (unpaired) electrons. The van der Waals surface area contributed by atoms with Crippen molar-refractivity contribution in [2.75, 3.05) is 31.2 Å². The lowest BCUT2D eigenvalue weighted by Crippen LogP contribution is -2.40. The Labute approximate surface area is 164 Å². The van der Waals surface area contributed by atoms with Gasteiger partial charge in [-0.25, -0.2) is 13.7 Å². The number of amides is 2. The summed E-state index contributed by atoms with van der Waals surface area (Å²) < 4.78 is 33.0. The molecule has 28 heavy (non-hydrogen) atoms. The van der Waals surface area contributed by atoms with Gasteiger partial charge in [0.25, 0.3) is 11.8 Å². The van der Waals surface area contributed by atoms with Gasteiger partial charge in [-0.15, -0.1) is 0 Å². The minimum absolute atomic E-state index is 0.160. The number of ether oxygens (including phenoxy) is 1. The third-order valence-corrected chi connectivity index (χ3v) is 4.92. The van der Waals surface area contributed by atoms with E-state index in [2.05, 4.69) is 0 Å². The van der Waals surface area contributed by atoms with E-state index < -0.39 is 23.4 Å². The number of carbonyl (C=O) groups excluding carboxylic acids is 2. The second-order valence-electron chi connectivity index (χ2n) is 6.37. The van der Waals surface area contributed by atoms with Gasteiger partial charge in [0, 0.05) is 24.2 Å². The van der Waals surface area contributed by atoms with E-state index >= 15 is 0 Å². The number of hydrogen-bond acceptors (Lipinski definition) is 4. The van der Waals surface area contributed by atoms with Gasteiger partial charge in [0.2, 0.25) is 0 Å². The van der Waals surface area contributed by atoms with Crippen LogP contribution in [0.3, 0.4) is 0 Å². The number of morpholine rings is 1. The number of nitrogens with zero attached hydrogens (tertiary/aromatic N) is 2. The Morgan fingerprint density at radius 1 is 0.929 bits per heavy atom. The lowest BCUT2D eigenvalue weighted by Gasteiger charge is -2.29. The maximum Gasteiger partial charge on any atom is 0.282 e. The lowest BCUT2D eigenvalue weighted by molar-refractivity contribution is -0.121. The molecule has 1 fully saturated rings. The van der Waals surface area contributed by atoms with Crippen molar-refractivity contribution in [3.8, 4) is 0 Å². The van der Waals surface area contributed by atoms with Gasteiger partial charge in [-0.1, -0.05) is 23.7 Å². The van der Waals surface area contributed by atoms with Crippen molar-refractivity contribution >= 4 is 34.7 Å². The molecule has 5 nitrogen and oxygen atoms in total. The van der Waals surface area contributed by atoms with Gasteiger partial charge in [0.15, 0.2) is 0 Å². The van der Waals surface area contributed by atoms with Crippen LogP contribution >= 0.6 is 11.6 Å². The fourth-order valence-corrected chi connectivity index (χ4v) is 3.48. The Morgan fingerprint density at radius 2 is 1.61 bits per heavy atom. The molecular formula is C20H15ClF2N2O3. The van der Waals surface area contributed by atoms with Crippen LogP contribution < -0.4 is 4.90 Å². The SMILES string of the molecule is O=C1C(c2ccc(Cl)cc2)=C(N2CCOCC2)C(=O)N1c1ccc(F)cc1F. The number of anilines is 1. The Kier molecular flexibility index (Phi) is 4.87. The molecule has 2 heterocycles. The Hall–Kier alpha value is -2.77. The van der Waals surface area contributed by atoms with Crippen LogP contribution in [0.4, 0.5) is 14.5 Å². The molecule has 2 aliphatic heterocycles. The van der Waals surface area contributed by atoms with Crippen LogP contribution in [0.5, 0.6) is 0 Å². The molecule has 2 amide bonds. The highest BCUT2D eigenvalue weighted by atomic mass is 35.5. The number of benzene rings is 2. The highest BCUT2D eigenvalue weighted by Crippen LogP contribution is 2.36. The van der Waals surface area contributed by atoms with Gasteiger partial charge in [0.1, 0.15) is 17.3 Å². The summed E-state index contributed by atoms with van der Waals surface area (Å²) in [4.78, 5) is 28.9. The van der Waals surface area contributed by atoms with Crippen LogP contribution in [0.2, 0.25) is 5.02 Å². The summed E-state index contributed by atoms with van der Waals surface area (Å²) >= 11 is 5.94. The normalized spacial score (nSPS) is 17.7. The minimum Gasteiger partial charge on any atom is -0.378 e. The molecule has 2 aliphatic rings. The smallest absolute Gasteiger partial charge is 0.282 e. The summed E-state index contributed by atoms with van der Waals surface area (Å²) in [5.41, 5.74) is 0.548. The molecule has 0 aromatic heterocycles. The summed E-state index contributed by atoms with van der Waals surface area (Å²) in [5, 5.41) is 0.482. The molecule has 8 heteroatoms. The predicted octanol–water partition coefficient (Wildman–Crippen LogP) is 3.23. The summed E-state index contributed by atoms with van der Waals surface area (Å²) in [6.45, 7) is 1.66. The molecule has 2 aromatic carbocycles. The van der Waals surface area contributed by atoms with E-state index in [1.165, 1.54) is 0 Å². The Bertz CT molecular complexity index is 985. The van der Waals surface area contributed by atoms with Crippen LogP contribution in [-0.4, -0.2) is 43.0 Å². The average Bonchev–Trinajstić information content (AvgIpc) is 2.94. The van der Waals surface area contributed by atoms with Crippen molar-refractivity contribution in [2.45, 2.75) is 0 Å². The van der Waals surface area contributed by atoms with Gasteiger partial charge in [-0.05, 0) is 29.8 Å². The van der Waals surface area contributed by atoms with Crippen molar-refractivity contribution in [3.05, 3.63) is 70.4 Å². The topological polar surface area (TPSA) is 49.9 Å². The fraction of sp³-hybridized carbons (Fsp3) is 0.200. The fourth-order valence-electron chi connectivity index (χ4n) is 3.36. The number of halogens is 3. The summed E-state index contributed by atoms with van der Waals surface area (Å²) in [7, 11) is 0. The predicted molar refractivity (Wildman–Crippen MR) is 99.6 cm³/mol. The van der Waals surface area contributed by atoms with Crippen LogP contribution in [0.1, 0.15) is 5.56 Å². The molecule has 0 bridgehead atoms. The maximum absolute atomic E-state index is 14.3. The third kappa shape index (κ3) is 3.16. The second kappa shape index (κ2) is 7.33. The number of rotatable bonds is 3. The van der Waals surface area contributed by atoms with E-state index in [4.69, 9.17) is 16.3 Å². The number of imide groups is 1. The van der Waals surface area contributed by atoms with Gasteiger partial charge < -0.3 is 9.64 Å². The average molecular weight is 405 g/mol. The van der Waals surface area contributed by atoms with Crippen LogP contribution in [0.15, 0.2) is 48.2 Å². The summed E-state index contributed by atoms with van der Waals surface area (Å²) in [6.07, 6.45) is 0. The van der Waals surface area contributed by atoms with E-state index in [1.54, 1.807) is 29.2 Å². The molecule has 144 valence electrons. The van der Waals surface area contributed by atoms with E-state index in [-0.39, 0.29) is 17.0 Å². The van der Waals surface area contributed by atoms with E-state index in [9.17, 15) is 18.4 Å². The molecule has 0 saturated carbocycles. The van der Waals surface area contributed by atoms with E-state index in [0.717, 1.165) is 17.0 Å². The zero-order chi connectivity index (χ0) is 19.8. The summed E-state index contributed by atoms with van der Waals surface area (Å²) in [6, 6.07) is 9.22. The molecule has 4 rings (SSSR count). The maximum atomic E-state index is 14.3. The Balaban J connectivity index is 1.84. The van der Waals surface area contributed by atoms with Crippen molar-refractivity contribution in [3.63, 3.8) is 0 Å². The molecule has 0 N–H and O–H groups in total. The quantitative estimate of drug-likeness (QED) is 0.737. The van der Waals surface area contributed by atoms with Crippen molar-refractivity contribution in [1.29, 1.82) is 0 Å². The molecule has 0 unspecified atom stereocenters. The Morgan fingerprint density at radius 3 is 2.25 bits per heavy atom. The number of carbonyl (C=O) groups is 2. The molecule has 0 aliphatic carbocycles. The van der Waals surface area contributed by atoms with Crippen molar-refractivity contribution in [2.24, 2.45) is 0 Å². The first kappa shape index (κ1) is 18.6. The largest absolute Gasteiger partial charge is 0.378 e. The molecule has 2 aromatic rings. The van der Waals surface area contributed by atoms with Gasteiger partial charge in [-0.3, -0.25) is 9.59 Å². The second-order valence-corrected chi connectivity index (χ2v) is 6.81. The highest BCUT2D eigenvalue weighted by Gasteiger charge is 2.43. The van der Waals surface area contributed by atoms with Crippen LogP contribution in [0.25, 0.3) is 5.57 Å². The summed E-state index contributed by atoms with van der Waals surface area (Å²) in [5.74, 6) is -3.10.